The summed E-state index contributed by atoms with van der Waals surface area (Å²) in [4.78, 5) is -0.00807. The van der Waals surface area contributed by atoms with E-state index in [1.807, 2.05) is 19.2 Å². The summed E-state index contributed by atoms with van der Waals surface area (Å²) in [6.45, 7) is 2.61. The third-order valence-electron chi connectivity index (χ3n) is 2.69. The lowest BCUT2D eigenvalue weighted by Crippen LogP contribution is -2.22. The van der Waals surface area contributed by atoms with Gasteiger partial charge in [-0.3, -0.25) is 4.68 Å². The lowest BCUT2D eigenvalue weighted by molar-refractivity contribution is 0.560. The highest BCUT2D eigenvalue weighted by Crippen LogP contribution is 2.20. The van der Waals surface area contributed by atoms with E-state index in [2.05, 4.69) is 10.4 Å². The molecule has 1 atom stereocenters. The molecule has 0 fully saturated rings. The number of hydrogen-bond acceptors (Lipinski definition) is 5. The molecule has 0 amide bonds. The number of benzene rings is 1. The van der Waals surface area contributed by atoms with E-state index in [1.54, 1.807) is 16.9 Å². The van der Waals surface area contributed by atoms with Crippen LogP contribution < -0.4 is 16.2 Å². The molecule has 0 aliphatic rings. The molecule has 5 N–H and O–H groups in total. The number of anilines is 2. The number of primary sulfonamides is 1. The van der Waals surface area contributed by atoms with Gasteiger partial charge in [-0.05, 0) is 31.2 Å². The Morgan fingerprint density at radius 2 is 2.15 bits per heavy atom. The molecule has 0 bridgehead atoms. The highest BCUT2D eigenvalue weighted by atomic mass is 32.2. The number of rotatable bonds is 5. The maximum Gasteiger partial charge on any atom is 0.238 e. The van der Waals surface area contributed by atoms with Crippen LogP contribution in [0.15, 0.2) is 41.6 Å². The van der Waals surface area contributed by atoms with Crippen LogP contribution in [0.25, 0.3) is 0 Å². The summed E-state index contributed by atoms with van der Waals surface area (Å²) in [5.74, 6) is 0. The normalized spacial score (nSPS) is 13.1. The Labute approximate surface area is 117 Å². The second-order valence-electron chi connectivity index (χ2n) is 4.61. The van der Waals surface area contributed by atoms with E-state index in [-0.39, 0.29) is 10.9 Å². The molecule has 0 saturated carbocycles. The van der Waals surface area contributed by atoms with Crippen LogP contribution in [0.4, 0.5) is 11.4 Å². The Morgan fingerprint density at radius 1 is 1.40 bits per heavy atom. The molecule has 1 aromatic heterocycles. The largest absolute Gasteiger partial charge is 0.399 e. The summed E-state index contributed by atoms with van der Waals surface area (Å²) in [5, 5.41) is 12.4. The van der Waals surface area contributed by atoms with Gasteiger partial charge in [0.05, 0.1) is 11.4 Å². The topological polar surface area (TPSA) is 116 Å². The Bertz CT molecular complexity index is 682. The molecule has 20 heavy (non-hydrogen) atoms. The minimum Gasteiger partial charge on any atom is -0.399 e. The maximum atomic E-state index is 11.4. The van der Waals surface area contributed by atoms with E-state index in [9.17, 15) is 8.42 Å². The Hall–Kier alpha value is -2.06. The highest BCUT2D eigenvalue weighted by molar-refractivity contribution is 7.89. The van der Waals surface area contributed by atoms with E-state index in [1.165, 1.54) is 12.1 Å². The monoisotopic (exact) mass is 295 g/mol. The van der Waals surface area contributed by atoms with E-state index < -0.39 is 10.0 Å². The van der Waals surface area contributed by atoms with Gasteiger partial charge in [0.2, 0.25) is 10.0 Å². The molecule has 2 rings (SSSR count). The Kier molecular flexibility index (Phi) is 3.96. The summed E-state index contributed by atoms with van der Waals surface area (Å²) in [7, 11) is -3.77. The average Bonchev–Trinajstić information content (AvgIpc) is 2.79. The molecular weight excluding hydrogens is 278 g/mol. The number of nitrogens with zero attached hydrogens (tertiary/aromatic N) is 2. The van der Waals surface area contributed by atoms with Crippen molar-refractivity contribution in [2.45, 2.75) is 24.4 Å². The molecule has 0 aliphatic carbocycles. The van der Waals surface area contributed by atoms with Crippen LogP contribution >= 0.6 is 0 Å². The van der Waals surface area contributed by atoms with Gasteiger partial charge >= 0.3 is 0 Å². The van der Waals surface area contributed by atoms with Crippen LogP contribution in [-0.2, 0) is 16.6 Å². The Morgan fingerprint density at radius 3 is 2.75 bits per heavy atom. The lowest BCUT2D eigenvalue weighted by atomic mass is 10.2. The first kappa shape index (κ1) is 14.4. The zero-order chi connectivity index (χ0) is 14.8. The number of aromatic nitrogens is 2. The standard InChI is InChI=1S/C12H17N5O2S/c1-9(8-17-4-2-3-15-17)16-11-5-10(13)6-12(7-11)20(14,18)19/h2-7,9,16H,8,13H2,1H3,(H2,14,18,19). The van der Waals surface area contributed by atoms with Gasteiger partial charge in [-0.2, -0.15) is 5.10 Å². The zero-order valence-corrected chi connectivity index (χ0v) is 11.8. The van der Waals surface area contributed by atoms with Crippen LogP contribution in [-0.4, -0.2) is 24.2 Å². The van der Waals surface area contributed by atoms with Crippen molar-refractivity contribution in [3.05, 3.63) is 36.7 Å². The molecule has 0 aliphatic heterocycles. The first-order valence-electron chi connectivity index (χ1n) is 6.02. The highest BCUT2D eigenvalue weighted by Gasteiger charge is 2.11. The minimum atomic E-state index is -3.77. The second kappa shape index (κ2) is 5.51. The van der Waals surface area contributed by atoms with Crippen molar-refractivity contribution in [3.63, 3.8) is 0 Å². The molecule has 8 heteroatoms. The molecular formula is C12H17N5O2S. The SMILES string of the molecule is CC(Cn1cccn1)Nc1cc(N)cc(S(N)(=O)=O)c1. The summed E-state index contributed by atoms with van der Waals surface area (Å²) in [5.41, 5.74) is 6.63. The number of nitrogens with one attached hydrogen (secondary N) is 1. The lowest BCUT2D eigenvalue weighted by Gasteiger charge is -2.16. The fourth-order valence-electron chi connectivity index (χ4n) is 1.89. The summed E-state index contributed by atoms with van der Waals surface area (Å²) in [6.07, 6.45) is 3.56. The predicted molar refractivity (Wildman–Crippen MR) is 77.5 cm³/mol. The molecule has 1 unspecified atom stereocenters. The predicted octanol–water partition coefficient (Wildman–Crippen LogP) is 0.613. The fourth-order valence-corrected chi connectivity index (χ4v) is 2.48. The van der Waals surface area contributed by atoms with Gasteiger partial charge in [0.25, 0.3) is 0 Å². The van der Waals surface area contributed by atoms with Gasteiger partial charge in [-0.25, -0.2) is 13.6 Å². The van der Waals surface area contributed by atoms with Crippen molar-refractivity contribution in [2.75, 3.05) is 11.1 Å². The van der Waals surface area contributed by atoms with Crippen LogP contribution in [0, 0.1) is 0 Å². The molecule has 1 aromatic carbocycles. The van der Waals surface area contributed by atoms with Crippen LogP contribution in [0.3, 0.4) is 0 Å². The van der Waals surface area contributed by atoms with E-state index in [0.717, 1.165) is 0 Å². The van der Waals surface area contributed by atoms with Crippen molar-refractivity contribution >= 4 is 21.4 Å². The Balaban J connectivity index is 2.15. The first-order valence-corrected chi connectivity index (χ1v) is 7.56. The zero-order valence-electron chi connectivity index (χ0n) is 11.0. The second-order valence-corrected chi connectivity index (χ2v) is 6.17. The number of sulfonamides is 1. The molecule has 0 saturated heterocycles. The van der Waals surface area contributed by atoms with Gasteiger partial charge < -0.3 is 11.1 Å². The van der Waals surface area contributed by atoms with Crippen molar-refractivity contribution in [1.82, 2.24) is 9.78 Å². The van der Waals surface area contributed by atoms with Crippen molar-refractivity contribution in [1.29, 1.82) is 0 Å². The minimum absolute atomic E-state index is 0.00807. The molecule has 7 nitrogen and oxygen atoms in total. The number of nitrogen functional groups attached to an aromatic ring is 1. The van der Waals surface area contributed by atoms with Gasteiger partial charge in [-0.1, -0.05) is 0 Å². The van der Waals surface area contributed by atoms with Gasteiger partial charge in [0.15, 0.2) is 0 Å². The first-order chi connectivity index (χ1) is 9.34. The maximum absolute atomic E-state index is 11.4. The van der Waals surface area contributed by atoms with Crippen LogP contribution in [0.1, 0.15) is 6.92 Å². The van der Waals surface area contributed by atoms with Crippen molar-refractivity contribution in [2.24, 2.45) is 5.14 Å². The van der Waals surface area contributed by atoms with Crippen LogP contribution in [0.5, 0.6) is 0 Å². The van der Waals surface area contributed by atoms with Crippen molar-refractivity contribution in [3.8, 4) is 0 Å². The third kappa shape index (κ3) is 3.72. The van der Waals surface area contributed by atoms with Gasteiger partial charge in [0.1, 0.15) is 0 Å². The average molecular weight is 295 g/mol. The molecule has 1 heterocycles. The molecule has 2 aromatic rings. The summed E-state index contributed by atoms with van der Waals surface area (Å²) >= 11 is 0. The number of hydrogen-bond donors (Lipinski definition) is 3. The van der Waals surface area contributed by atoms with E-state index >= 15 is 0 Å². The molecule has 108 valence electrons. The van der Waals surface area contributed by atoms with Crippen molar-refractivity contribution < 1.29 is 8.42 Å². The summed E-state index contributed by atoms with van der Waals surface area (Å²) < 4.78 is 24.5. The summed E-state index contributed by atoms with van der Waals surface area (Å²) in [6, 6.07) is 6.34. The third-order valence-corrected chi connectivity index (χ3v) is 3.58. The van der Waals surface area contributed by atoms with E-state index in [0.29, 0.717) is 17.9 Å². The molecule has 0 radical (unpaired) electrons. The number of nitrogens with two attached hydrogens (primary N) is 2. The van der Waals surface area contributed by atoms with E-state index in [4.69, 9.17) is 10.9 Å². The van der Waals surface area contributed by atoms with Gasteiger partial charge in [-0.15, -0.1) is 0 Å². The fraction of sp³-hybridized carbons (Fsp3) is 0.250. The molecule has 0 spiro atoms. The quantitative estimate of drug-likeness (QED) is 0.699. The smallest absolute Gasteiger partial charge is 0.238 e. The van der Waals surface area contributed by atoms with Gasteiger partial charge in [0, 0.05) is 29.8 Å². The van der Waals surface area contributed by atoms with Crippen LogP contribution in [0.2, 0.25) is 0 Å².